The molecule has 1 aliphatic rings. The van der Waals surface area contributed by atoms with E-state index in [-0.39, 0.29) is 17.8 Å². The molecule has 1 fully saturated rings. The zero-order valence-electron chi connectivity index (χ0n) is 13.6. The van der Waals surface area contributed by atoms with Crippen LogP contribution in [0.4, 0.5) is 0 Å². The molecule has 0 aromatic carbocycles. The minimum Gasteiger partial charge on any atom is -0.464 e. The van der Waals surface area contributed by atoms with Gasteiger partial charge in [-0.3, -0.25) is 4.79 Å². The first-order chi connectivity index (χ1) is 12.2. The number of fused-ring (bicyclic) bond motifs is 1. The van der Waals surface area contributed by atoms with Crippen LogP contribution in [0.3, 0.4) is 0 Å². The Morgan fingerprint density at radius 1 is 1.44 bits per heavy atom. The van der Waals surface area contributed by atoms with Crippen LogP contribution >= 0.6 is 15.9 Å². The topological polar surface area (TPSA) is 85.8 Å². The minimum absolute atomic E-state index is 0.111. The van der Waals surface area contributed by atoms with E-state index < -0.39 is 0 Å². The molecular formula is C16H16BrN5O3. The number of carbonyl (C=O) groups excluding carboxylic acids is 1. The lowest BCUT2D eigenvalue weighted by Gasteiger charge is -2.33. The molecule has 1 atom stereocenters. The second kappa shape index (κ2) is 6.57. The van der Waals surface area contributed by atoms with Crippen molar-refractivity contribution in [2.45, 2.75) is 19.4 Å². The van der Waals surface area contributed by atoms with Gasteiger partial charge in [-0.1, -0.05) is 6.92 Å². The summed E-state index contributed by atoms with van der Waals surface area (Å²) in [6.45, 7) is 3.34. The summed E-state index contributed by atoms with van der Waals surface area (Å²) in [5, 5.41) is 4.25. The van der Waals surface area contributed by atoms with Crippen molar-refractivity contribution in [1.82, 2.24) is 24.5 Å². The Morgan fingerprint density at radius 3 is 3.12 bits per heavy atom. The second-order valence-corrected chi connectivity index (χ2v) is 6.61. The van der Waals surface area contributed by atoms with Crippen LogP contribution in [0.25, 0.3) is 5.78 Å². The molecule has 4 heterocycles. The van der Waals surface area contributed by atoms with Crippen molar-refractivity contribution in [2.24, 2.45) is 0 Å². The van der Waals surface area contributed by atoms with Crippen LogP contribution in [0.15, 0.2) is 33.4 Å². The molecule has 3 aromatic rings. The largest absolute Gasteiger partial charge is 0.464 e. The van der Waals surface area contributed by atoms with E-state index in [9.17, 15) is 4.79 Å². The fourth-order valence-electron chi connectivity index (χ4n) is 2.82. The molecule has 0 bridgehead atoms. The number of aromatic nitrogens is 4. The zero-order chi connectivity index (χ0) is 17.4. The molecule has 0 saturated carbocycles. The lowest BCUT2D eigenvalue weighted by molar-refractivity contribution is -0.00960. The average molecular weight is 406 g/mol. The molecule has 0 N–H and O–H groups in total. The molecule has 0 spiro atoms. The van der Waals surface area contributed by atoms with Gasteiger partial charge in [0, 0.05) is 25.4 Å². The van der Waals surface area contributed by atoms with Crippen molar-refractivity contribution < 1.29 is 13.9 Å². The first-order valence-corrected chi connectivity index (χ1v) is 8.80. The molecule has 1 unspecified atom stereocenters. The molecule has 1 aliphatic heterocycles. The van der Waals surface area contributed by atoms with Gasteiger partial charge in [-0.05, 0) is 28.1 Å². The number of morpholine rings is 1. The number of halogens is 1. The Hall–Kier alpha value is -2.26. The third-order valence-corrected chi connectivity index (χ3v) is 4.51. The highest BCUT2D eigenvalue weighted by Gasteiger charge is 2.33. The van der Waals surface area contributed by atoms with E-state index in [2.05, 4.69) is 31.0 Å². The van der Waals surface area contributed by atoms with Crippen molar-refractivity contribution in [3.05, 3.63) is 46.3 Å². The summed E-state index contributed by atoms with van der Waals surface area (Å²) in [7, 11) is 0. The molecular weight excluding hydrogens is 390 g/mol. The molecule has 9 heteroatoms. The molecule has 0 radical (unpaired) electrons. The molecule has 1 amide bonds. The van der Waals surface area contributed by atoms with E-state index in [1.165, 1.54) is 4.52 Å². The summed E-state index contributed by atoms with van der Waals surface area (Å²) in [5.74, 6) is 1.83. The predicted molar refractivity (Wildman–Crippen MR) is 91.2 cm³/mol. The summed E-state index contributed by atoms with van der Waals surface area (Å²) >= 11 is 3.33. The van der Waals surface area contributed by atoms with Gasteiger partial charge in [0.15, 0.2) is 0 Å². The van der Waals surface area contributed by atoms with Crippen molar-refractivity contribution >= 4 is 27.6 Å². The smallest absolute Gasteiger partial charge is 0.294 e. The maximum Gasteiger partial charge on any atom is 0.294 e. The van der Waals surface area contributed by atoms with E-state index in [0.717, 1.165) is 22.4 Å². The van der Waals surface area contributed by atoms with E-state index in [1.807, 2.05) is 19.1 Å². The first-order valence-electron chi connectivity index (χ1n) is 8.01. The molecule has 130 valence electrons. The van der Waals surface area contributed by atoms with Gasteiger partial charge in [-0.15, -0.1) is 5.10 Å². The van der Waals surface area contributed by atoms with E-state index >= 15 is 0 Å². The number of hydrogen-bond donors (Lipinski definition) is 0. The fourth-order valence-corrected chi connectivity index (χ4v) is 3.12. The number of rotatable bonds is 3. The summed E-state index contributed by atoms with van der Waals surface area (Å²) in [6, 6.07) is 3.54. The first kappa shape index (κ1) is 16.2. The average Bonchev–Trinajstić information content (AvgIpc) is 3.27. The Balaban J connectivity index is 1.65. The van der Waals surface area contributed by atoms with E-state index in [1.54, 1.807) is 17.3 Å². The fraction of sp³-hybridized carbons (Fsp3) is 0.375. The number of hydrogen-bond acceptors (Lipinski definition) is 6. The van der Waals surface area contributed by atoms with Crippen LogP contribution in [0.1, 0.15) is 35.1 Å². The molecule has 0 aliphatic carbocycles. The highest BCUT2D eigenvalue weighted by Crippen LogP contribution is 2.27. The third kappa shape index (κ3) is 3.05. The molecule has 25 heavy (non-hydrogen) atoms. The van der Waals surface area contributed by atoms with E-state index in [4.69, 9.17) is 9.15 Å². The van der Waals surface area contributed by atoms with Crippen LogP contribution in [0.5, 0.6) is 0 Å². The lowest BCUT2D eigenvalue weighted by Crippen LogP contribution is -2.43. The number of amides is 1. The van der Waals surface area contributed by atoms with Gasteiger partial charge in [0.05, 0.1) is 17.7 Å². The quantitative estimate of drug-likeness (QED) is 0.664. The van der Waals surface area contributed by atoms with Crippen LogP contribution < -0.4 is 0 Å². The predicted octanol–water partition coefficient (Wildman–Crippen LogP) is 2.26. The van der Waals surface area contributed by atoms with Gasteiger partial charge in [0.25, 0.3) is 11.7 Å². The Bertz CT molecular complexity index is 922. The summed E-state index contributed by atoms with van der Waals surface area (Å²) in [4.78, 5) is 23.1. The maximum atomic E-state index is 13.0. The van der Waals surface area contributed by atoms with Crippen LogP contribution in [-0.2, 0) is 11.2 Å². The number of aryl methyl sites for hydroxylation is 1. The van der Waals surface area contributed by atoms with Crippen LogP contribution in [-0.4, -0.2) is 50.1 Å². The summed E-state index contributed by atoms with van der Waals surface area (Å²) < 4.78 is 13.6. The van der Waals surface area contributed by atoms with Gasteiger partial charge >= 0.3 is 0 Å². The van der Waals surface area contributed by atoms with Crippen molar-refractivity contribution in [2.75, 3.05) is 19.8 Å². The van der Waals surface area contributed by atoms with Crippen molar-refractivity contribution in [3.63, 3.8) is 0 Å². The van der Waals surface area contributed by atoms with Crippen LogP contribution in [0, 0.1) is 0 Å². The Labute approximate surface area is 151 Å². The SMILES string of the molecule is CCc1ccc(C2COCCN2C(=O)c2nc3ncc(Br)cn3n2)o1. The Morgan fingerprint density at radius 2 is 2.32 bits per heavy atom. The number of nitrogens with zero attached hydrogens (tertiary/aromatic N) is 5. The number of furan rings is 1. The lowest BCUT2D eigenvalue weighted by atomic mass is 10.1. The van der Waals surface area contributed by atoms with Crippen molar-refractivity contribution in [3.8, 4) is 0 Å². The highest BCUT2D eigenvalue weighted by atomic mass is 79.9. The van der Waals surface area contributed by atoms with Gasteiger partial charge in [0.2, 0.25) is 5.82 Å². The van der Waals surface area contributed by atoms with Gasteiger partial charge in [-0.25, -0.2) is 9.50 Å². The standard InChI is InChI=1S/C16H16BrN5O3/c1-2-11-3-4-13(25-11)12-9-24-6-5-21(12)15(23)14-19-16-18-7-10(17)8-22(16)20-14/h3-4,7-8,12H,2,5-6,9H2,1H3. The number of ether oxygens (including phenoxy) is 1. The number of carbonyl (C=O) groups is 1. The normalized spacial score (nSPS) is 18.0. The monoisotopic (exact) mass is 405 g/mol. The van der Waals surface area contributed by atoms with Crippen LogP contribution in [0.2, 0.25) is 0 Å². The minimum atomic E-state index is -0.284. The van der Waals surface area contributed by atoms with Crippen molar-refractivity contribution in [1.29, 1.82) is 0 Å². The van der Waals surface area contributed by atoms with E-state index in [0.29, 0.717) is 25.5 Å². The summed E-state index contributed by atoms with van der Waals surface area (Å²) in [5.41, 5.74) is 0. The van der Waals surface area contributed by atoms with Gasteiger partial charge in [-0.2, -0.15) is 4.98 Å². The Kier molecular flexibility index (Phi) is 4.26. The van der Waals surface area contributed by atoms with Gasteiger partial charge in [0.1, 0.15) is 17.6 Å². The third-order valence-electron chi connectivity index (χ3n) is 4.10. The zero-order valence-corrected chi connectivity index (χ0v) is 15.1. The second-order valence-electron chi connectivity index (χ2n) is 5.70. The molecule has 3 aromatic heterocycles. The maximum absolute atomic E-state index is 13.0. The summed E-state index contributed by atoms with van der Waals surface area (Å²) in [6.07, 6.45) is 4.13. The molecule has 4 rings (SSSR count). The highest BCUT2D eigenvalue weighted by molar-refractivity contribution is 9.10. The van der Waals surface area contributed by atoms with Gasteiger partial charge < -0.3 is 14.1 Å². The molecule has 1 saturated heterocycles. The molecule has 8 nitrogen and oxygen atoms in total.